The molecule has 1 N–H and O–H groups in total. The van der Waals surface area contributed by atoms with E-state index in [0.29, 0.717) is 37.0 Å². The smallest absolute Gasteiger partial charge is 0.155 e. The SMILES string of the molecule is CC#C[C@]1(O)CC[C@H]2[C@@H]3CCC4=CC(=O)CC[C@@H]4[C@H]3/C(=C\F)C[C@@]21CC. The van der Waals surface area contributed by atoms with Gasteiger partial charge in [-0.2, -0.15) is 0 Å². The number of halogens is 1. The molecule has 140 valence electrons. The van der Waals surface area contributed by atoms with E-state index in [1.807, 2.05) is 6.08 Å². The number of carbonyl (C=O) groups is 1. The highest BCUT2D eigenvalue weighted by atomic mass is 19.1. The lowest BCUT2D eigenvalue weighted by Crippen LogP contribution is -2.54. The molecular formula is C23H29FO2. The second-order valence-electron chi connectivity index (χ2n) is 8.81. The van der Waals surface area contributed by atoms with Gasteiger partial charge < -0.3 is 5.11 Å². The van der Waals surface area contributed by atoms with Crippen LogP contribution >= 0.6 is 0 Å². The van der Waals surface area contributed by atoms with Crippen molar-refractivity contribution in [1.29, 1.82) is 0 Å². The molecule has 3 fully saturated rings. The van der Waals surface area contributed by atoms with E-state index in [-0.39, 0.29) is 17.1 Å². The van der Waals surface area contributed by atoms with E-state index in [1.165, 1.54) is 5.57 Å². The van der Waals surface area contributed by atoms with Gasteiger partial charge in [-0.3, -0.25) is 4.79 Å². The lowest BCUT2D eigenvalue weighted by atomic mass is 9.48. The van der Waals surface area contributed by atoms with Crippen molar-refractivity contribution >= 4 is 5.78 Å². The first-order valence-corrected chi connectivity index (χ1v) is 10.2. The predicted molar refractivity (Wildman–Crippen MR) is 99.7 cm³/mol. The summed E-state index contributed by atoms with van der Waals surface area (Å²) < 4.78 is 14.1. The van der Waals surface area contributed by atoms with E-state index in [9.17, 15) is 14.3 Å². The Morgan fingerprint density at radius 2 is 2.15 bits per heavy atom. The van der Waals surface area contributed by atoms with Crippen LogP contribution in [0.15, 0.2) is 23.6 Å². The molecular weight excluding hydrogens is 327 g/mol. The molecule has 2 nitrogen and oxygen atoms in total. The van der Waals surface area contributed by atoms with E-state index in [1.54, 1.807) is 6.92 Å². The van der Waals surface area contributed by atoms with E-state index in [4.69, 9.17) is 0 Å². The van der Waals surface area contributed by atoms with Crippen molar-refractivity contribution in [3.63, 3.8) is 0 Å². The maximum atomic E-state index is 14.1. The van der Waals surface area contributed by atoms with Crippen molar-refractivity contribution in [2.75, 3.05) is 0 Å². The van der Waals surface area contributed by atoms with Gasteiger partial charge in [0.15, 0.2) is 5.78 Å². The Bertz CT molecular complexity index is 739. The molecule has 0 unspecified atom stereocenters. The first-order chi connectivity index (χ1) is 12.5. The van der Waals surface area contributed by atoms with Crippen LogP contribution in [0, 0.1) is 40.9 Å². The van der Waals surface area contributed by atoms with Gasteiger partial charge in [-0.1, -0.05) is 18.4 Å². The molecule has 0 amide bonds. The number of hydrogen-bond acceptors (Lipinski definition) is 2. The van der Waals surface area contributed by atoms with E-state index in [0.717, 1.165) is 44.0 Å². The molecule has 0 spiro atoms. The number of allylic oxidation sites excluding steroid dienone is 2. The molecule has 4 aliphatic carbocycles. The zero-order chi connectivity index (χ0) is 18.5. The Morgan fingerprint density at radius 3 is 2.85 bits per heavy atom. The maximum absolute atomic E-state index is 14.1. The van der Waals surface area contributed by atoms with Crippen LogP contribution in [0.2, 0.25) is 0 Å². The van der Waals surface area contributed by atoms with Crippen LogP contribution in [0.4, 0.5) is 4.39 Å². The van der Waals surface area contributed by atoms with Gasteiger partial charge >= 0.3 is 0 Å². The zero-order valence-corrected chi connectivity index (χ0v) is 15.9. The second kappa shape index (κ2) is 6.34. The van der Waals surface area contributed by atoms with Crippen molar-refractivity contribution in [2.24, 2.45) is 29.1 Å². The van der Waals surface area contributed by atoms with Gasteiger partial charge in [0, 0.05) is 11.8 Å². The Balaban J connectivity index is 1.78. The summed E-state index contributed by atoms with van der Waals surface area (Å²) in [6.07, 6.45) is 9.17. The van der Waals surface area contributed by atoms with Crippen molar-refractivity contribution in [2.45, 2.75) is 70.8 Å². The standard InChI is InChI=1S/C23H29FO2/c1-3-10-23(26)11-9-20-19-7-5-15-12-17(25)6-8-18(15)21(19)16(14-24)13-22(20,23)4-2/h12,14,18-21,26H,4-9,11,13H2,1-2H3/b16-14-/t18-,19-,20-,21+,22-,23-/m0/s1. The number of aliphatic hydroxyl groups is 1. The summed E-state index contributed by atoms with van der Waals surface area (Å²) in [6, 6.07) is 0. The van der Waals surface area contributed by atoms with Crippen molar-refractivity contribution in [1.82, 2.24) is 0 Å². The van der Waals surface area contributed by atoms with Crippen LogP contribution in [0.5, 0.6) is 0 Å². The summed E-state index contributed by atoms with van der Waals surface area (Å²) in [6.45, 7) is 3.91. The highest BCUT2D eigenvalue weighted by Gasteiger charge is 2.64. The lowest BCUT2D eigenvalue weighted by molar-refractivity contribution is -0.116. The van der Waals surface area contributed by atoms with Gasteiger partial charge in [-0.05, 0) is 87.2 Å². The van der Waals surface area contributed by atoms with Crippen LogP contribution in [0.3, 0.4) is 0 Å². The fourth-order valence-electron chi connectivity index (χ4n) is 7.10. The molecule has 4 rings (SSSR count). The average molecular weight is 356 g/mol. The molecule has 0 aromatic carbocycles. The third-order valence-corrected chi connectivity index (χ3v) is 8.10. The fourth-order valence-corrected chi connectivity index (χ4v) is 7.10. The molecule has 0 radical (unpaired) electrons. The lowest BCUT2D eigenvalue weighted by Gasteiger charge is -2.56. The molecule has 26 heavy (non-hydrogen) atoms. The molecule has 0 aromatic heterocycles. The highest BCUT2D eigenvalue weighted by molar-refractivity contribution is 5.91. The average Bonchev–Trinajstić information content (AvgIpc) is 2.93. The molecule has 0 bridgehead atoms. The summed E-state index contributed by atoms with van der Waals surface area (Å²) in [4.78, 5) is 11.9. The fraction of sp³-hybridized carbons (Fsp3) is 0.696. The van der Waals surface area contributed by atoms with Crippen LogP contribution in [0.25, 0.3) is 0 Å². The molecule has 6 atom stereocenters. The quantitative estimate of drug-likeness (QED) is 0.689. The number of ketones is 1. The first kappa shape index (κ1) is 18.0. The van der Waals surface area contributed by atoms with Gasteiger partial charge in [0.1, 0.15) is 5.60 Å². The molecule has 4 aliphatic rings. The minimum absolute atomic E-state index is 0.203. The van der Waals surface area contributed by atoms with Crippen molar-refractivity contribution < 1.29 is 14.3 Å². The maximum Gasteiger partial charge on any atom is 0.155 e. The van der Waals surface area contributed by atoms with Gasteiger partial charge in [0.2, 0.25) is 0 Å². The monoisotopic (exact) mass is 356 g/mol. The number of hydrogen-bond donors (Lipinski definition) is 1. The minimum atomic E-state index is -1.00. The van der Waals surface area contributed by atoms with E-state index < -0.39 is 5.60 Å². The Kier molecular flexibility index (Phi) is 4.39. The van der Waals surface area contributed by atoms with Gasteiger partial charge in [0.05, 0.1) is 6.33 Å². The minimum Gasteiger partial charge on any atom is -0.377 e. The number of fused-ring (bicyclic) bond motifs is 5. The third kappa shape index (κ3) is 2.31. The van der Waals surface area contributed by atoms with Crippen molar-refractivity contribution in [3.8, 4) is 11.8 Å². The van der Waals surface area contributed by atoms with Crippen molar-refractivity contribution in [3.05, 3.63) is 23.6 Å². The Labute approximate surface area is 155 Å². The molecule has 3 heteroatoms. The van der Waals surface area contributed by atoms with Crippen LogP contribution in [-0.4, -0.2) is 16.5 Å². The third-order valence-electron chi connectivity index (χ3n) is 8.10. The van der Waals surface area contributed by atoms with Crippen LogP contribution < -0.4 is 0 Å². The van der Waals surface area contributed by atoms with Gasteiger partial charge in [0.25, 0.3) is 0 Å². The normalized spacial score (nSPS) is 45.9. The predicted octanol–water partition coefficient (Wildman–Crippen LogP) is 4.74. The zero-order valence-electron chi connectivity index (χ0n) is 15.9. The first-order valence-electron chi connectivity index (χ1n) is 10.2. The summed E-state index contributed by atoms with van der Waals surface area (Å²) in [5.74, 6) is 7.59. The number of rotatable bonds is 1. The molecule has 0 saturated heterocycles. The molecule has 0 heterocycles. The highest BCUT2D eigenvalue weighted by Crippen LogP contribution is 2.67. The number of carbonyl (C=O) groups excluding carboxylic acids is 1. The van der Waals surface area contributed by atoms with Gasteiger partial charge in [-0.15, -0.1) is 5.92 Å². The molecule has 0 aromatic rings. The van der Waals surface area contributed by atoms with Crippen LogP contribution in [0.1, 0.15) is 65.2 Å². The largest absolute Gasteiger partial charge is 0.377 e. The molecule has 0 aliphatic heterocycles. The summed E-state index contributed by atoms with van der Waals surface area (Å²) in [7, 11) is 0. The topological polar surface area (TPSA) is 37.3 Å². The Hall–Kier alpha value is -1.40. The summed E-state index contributed by atoms with van der Waals surface area (Å²) in [5, 5.41) is 11.4. The van der Waals surface area contributed by atoms with Gasteiger partial charge in [-0.25, -0.2) is 4.39 Å². The van der Waals surface area contributed by atoms with Crippen LogP contribution in [-0.2, 0) is 4.79 Å². The summed E-state index contributed by atoms with van der Waals surface area (Å²) in [5.41, 5.74) is 0.767. The second-order valence-corrected chi connectivity index (χ2v) is 8.81. The Morgan fingerprint density at radius 1 is 1.35 bits per heavy atom. The van der Waals surface area contributed by atoms with E-state index in [2.05, 4.69) is 18.8 Å². The molecule has 3 saturated carbocycles. The van der Waals surface area contributed by atoms with E-state index >= 15 is 0 Å². The summed E-state index contributed by atoms with van der Waals surface area (Å²) >= 11 is 0.